The Kier molecular flexibility index (Phi) is 2.37. The zero-order chi connectivity index (χ0) is 11.8. The molecule has 0 fully saturated rings. The van der Waals surface area contributed by atoms with E-state index in [1.165, 1.54) is 5.56 Å². The van der Waals surface area contributed by atoms with Crippen LogP contribution in [0.2, 0.25) is 0 Å². The van der Waals surface area contributed by atoms with Crippen LogP contribution in [0.25, 0.3) is 22.2 Å². The molecule has 0 atom stereocenters. The Hall–Kier alpha value is -1.81. The van der Waals surface area contributed by atoms with Gasteiger partial charge in [-0.05, 0) is 35.4 Å². The van der Waals surface area contributed by atoms with E-state index in [1.807, 2.05) is 24.3 Å². The molecule has 0 unspecified atom stereocenters. The minimum Gasteiger partial charge on any atom is -0.369 e. The van der Waals surface area contributed by atoms with Crippen molar-refractivity contribution in [3.05, 3.63) is 46.9 Å². The molecule has 4 heteroatoms. The van der Waals surface area contributed by atoms with Gasteiger partial charge in [-0.3, -0.25) is 0 Å². The van der Waals surface area contributed by atoms with Gasteiger partial charge in [0.25, 0.3) is 0 Å². The molecule has 0 aliphatic carbocycles. The summed E-state index contributed by atoms with van der Waals surface area (Å²) in [6, 6.07) is 14.3. The molecule has 0 amide bonds. The quantitative estimate of drug-likeness (QED) is 0.719. The van der Waals surface area contributed by atoms with Crippen molar-refractivity contribution in [2.45, 2.75) is 0 Å². The van der Waals surface area contributed by atoms with Crippen molar-refractivity contribution in [3.8, 4) is 11.1 Å². The molecule has 0 spiro atoms. The Labute approximate surface area is 107 Å². The summed E-state index contributed by atoms with van der Waals surface area (Å²) in [5, 5.41) is 0. The number of fused-ring (bicyclic) bond motifs is 1. The fourth-order valence-electron chi connectivity index (χ4n) is 1.85. The first kappa shape index (κ1) is 10.4. The predicted molar refractivity (Wildman–Crippen MR) is 73.6 cm³/mol. The maximum atomic E-state index is 5.63. The molecule has 3 rings (SSSR count). The Bertz CT molecular complexity index is 671. The van der Waals surface area contributed by atoms with Gasteiger partial charge in [-0.2, -0.15) is 0 Å². The van der Waals surface area contributed by atoms with Crippen LogP contribution in [0.4, 0.5) is 5.95 Å². The third-order valence-corrected chi connectivity index (χ3v) is 3.21. The van der Waals surface area contributed by atoms with Crippen LogP contribution < -0.4 is 5.73 Å². The maximum absolute atomic E-state index is 5.63. The number of nitrogens with one attached hydrogen (secondary N) is 1. The monoisotopic (exact) mass is 287 g/mol. The maximum Gasteiger partial charge on any atom is 0.198 e. The van der Waals surface area contributed by atoms with Crippen molar-refractivity contribution < 1.29 is 0 Å². The van der Waals surface area contributed by atoms with Gasteiger partial charge in [0.05, 0.1) is 11.0 Å². The van der Waals surface area contributed by atoms with E-state index in [9.17, 15) is 0 Å². The largest absolute Gasteiger partial charge is 0.369 e. The van der Waals surface area contributed by atoms with Gasteiger partial charge in [0.2, 0.25) is 0 Å². The summed E-state index contributed by atoms with van der Waals surface area (Å²) < 4.78 is 1.08. The topological polar surface area (TPSA) is 54.7 Å². The second-order valence-electron chi connectivity index (χ2n) is 3.86. The average molecular weight is 288 g/mol. The highest BCUT2D eigenvalue weighted by atomic mass is 79.9. The van der Waals surface area contributed by atoms with E-state index in [1.54, 1.807) is 0 Å². The van der Waals surface area contributed by atoms with Crippen molar-refractivity contribution >= 4 is 32.9 Å². The number of nitrogen functional groups attached to an aromatic ring is 1. The molecule has 3 nitrogen and oxygen atoms in total. The summed E-state index contributed by atoms with van der Waals surface area (Å²) in [7, 11) is 0. The minimum atomic E-state index is 0.452. The SMILES string of the molecule is Nc1nc2ccc(-c3ccc(Br)cc3)cc2[nH]1. The highest BCUT2D eigenvalue weighted by Gasteiger charge is 2.02. The number of anilines is 1. The zero-order valence-corrected chi connectivity index (χ0v) is 10.5. The molecular weight excluding hydrogens is 278 g/mol. The molecule has 0 saturated carbocycles. The first-order valence-corrected chi connectivity index (χ1v) is 6.03. The van der Waals surface area contributed by atoms with Crippen molar-refractivity contribution in [2.24, 2.45) is 0 Å². The lowest BCUT2D eigenvalue weighted by atomic mass is 10.1. The Morgan fingerprint density at radius 2 is 1.71 bits per heavy atom. The molecule has 17 heavy (non-hydrogen) atoms. The molecule has 1 heterocycles. The van der Waals surface area contributed by atoms with Crippen molar-refractivity contribution in [1.82, 2.24) is 9.97 Å². The van der Waals surface area contributed by atoms with Crippen LogP contribution in [0.3, 0.4) is 0 Å². The average Bonchev–Trinajstić information content (AvgIpc) is 2.69. The van der Waals surface area contributed by atoms with Crippen LogP contribution >= 0.6 is 15.9 Å². The van der Waals surface area contributed by atoms with Crippen molar-refractivity contribution in [3.63, 3.8) is 0 Å². The van der Waals surface area contributed by atoms with Crippen molar-refractivity contribution in [1.29, 1.82) is 0 Å². The number of hydrogen-bond donors (Lipinski definition) is 2. The Morgan fingerprint density at radius 1 is 1.00 bits per heavy atom. The number of aromatic amines is 1. The molecule has 1 aromatic heterocycles. The number of benzene rings is 2. The van der Waals surface area contributed by atoms with E-state index in [0.717, 1.165) is 21.1 Å². The molecule has 0 bridgehead atoms. The van der Waals surface area contributed by atoms with E-state index in [-0.39, 0.29) is 0 Å². The number of halogens is 1. The molecule has 3 N–H and O–H groups in total. The Morgan fingerprint density at radius 3 is 2.47 bits per heavy atom. The summed E-state index contributed by atoms with van der Waals surface area (Å²) in [5.74, 6) is 0.452. The van der Waals surface area contributed by atoms with E-state index < -0.39 is 0 Å². The number of aromatic nitrogens is 2. The molecule has 0 aliphatic heterocycles. The van der Waals surface area contributed by atoms with Gasteiger partial charge in [-0.25, -0.2) is 4.98 Å². The molecule has 0 aliphatic rings. The fraction of sp³-hybridized carbons (Fsp3) is 0. The van der Waals surface area contributed by atoms with E-state index in [0.29, 0.717) is 5.95 Å². The first-order valence-electron chi connectivity index (χ1n) is 5.23. The Balaban J connectivity index is 2.13. The standard InChI is InChI=1S/C13H10BrN3/c14-10-4-1-8(2-5-10)9-3-6-11-12(7-9)17-13(15)16-11/h1-7H,(H3,15,16,17). The third kappa shape index (κ3) is 1.91. The van der Waals surface area contributed by atoms with E-state index in [2.05, 4.69) is 44.1 Å². The molecule has 0 radical (unpaired) electrons. The summed E-state index contributed by atoms with van der Waals surface area (Å²) in [6.07, 6.45) is 0. The molecule has 3 aromatic rings. The summed E-state index contributed by atoms with van der Waals surface area (Å²) in [4.78, 5) is 7.21. The van der Waals surface area contributed by atoms with E-state index in [4.69, 9.17) is 5.73 Å². The normalized spacial score (nSPS) is 10.9. The number of H-pyrrole nitrogens is 1. The van der Waals surface area contributed by atoms with Gasteiger partial charge in [0.1, 0.15) is 0 Å². The molecule has 0 saturated heterocycles. The zero-order valence-electron chi connectivity index (χ0n) is 8.94. The smallest absolute Gasteiger partial charge is 0.198 e. The lowest BCUT2D eigenvalue weighted by molar-refractivity contribution is 1.35. The van der Waals surface area contributed by atoms with Gasteiger partial charge >= 0.3 is 0 Å². The second-order valence-corrected chi connectivity index (χ2v) is 4.78. The van der Waals surface area contributed by atoms with Crippen LogP contribution in [-0.2, 0) is 0 Å². The highest BCUT2D eigenvalue weighted by molar-refractivity contribution is 9.10. The number of imidazole rings is 1. The van der Waals surface area contributed by atoms with Crippen LogP contribution in [0.5, 0.6) is 0 Å². The van der Waals surface area contributed by atoms with Crippen molar-refractivity contribution in [2.75, 3.05) is 5.73 Å². The van der Waals surface area contributed by atoms with Crippen LogP contribution in [0, 0.1) is 0 Å². The lowest BCUT2D eigenvalue weighted by Gasteiger charge is -2.01. The van der Waals surface area contributed by atoms with Crippen LogP contribution in [0.1, 0.15) is 0 Å². The van der Waals surface area contributed by atoms with Crippen LogP contribution in [-0.4, -0.2) is 9.97 Å². The summed E-state index contributed by atoms with van der Waals surface area (Å²) in [5.41, 5.74) is 9.80. The number of rotatable bonds is 1. The molecule has 2 aromatic carbocycles. The third-order valence-electron chi connectivity index (χ3n) is 2.68. The lowest BCUT2D eigenvalue weighted by Crippen LogP contribution is -1.84. The minimum absolute atomic E-state index is 0.452. The summed E-state index contributed by atoms with van der Waals surface area (Å²) in [6.45, 7) is 0. The molecular formula is C13H10BrN3. The van der Waals surface area contributed by atoms with Gasteiger partial charge in [-0.15, -0.1) is 0 Å². The number of hydrogen-bond acceptors (Lipinski definition) is 2. The van der Waals surface area contributed by atoms with Gasteiger partial charge in [0.15, 0.2) is 5.95 Å². The first-order chi connectivity index (χ1) is 8.22. The van der Waals surface area contributed by atoms with Gasteiger partial charge in [-0.1, -0.05) is 34.1 Å². The fourth-order valence-corrected chi connectivity index (χ4v) is 2.12. The van der Waals surface area contributed by atoms with E-state index >= 15 is 0 Å². The predicted octanol–water partition coefficient (Wildman–Crippen LogP) is 3.57. The summed E-state index contributed by atoms with van der Waals surface area (Å²) >= 11 is 3.43. The van der Waals surface area contributed by atoms with Gasteiger partial charge in [0, 0.05) is 4.47 Å². The van der Waals surface area contributed by atoms with Gasteiger partial charge < -0.3 is 10.7 Å². The number of nitrogens with zero attached hydrogens (tertiary/aromatic N) is 1. The number of nitrogens with two attached hydrogens (primary N) is 1. The highest BCUT2D eigenvalue weighted by Crippen LogP contribution is 2.25. The molecule has 84 valence electrons. The second kappa shape index (κ2) is 3.89. The van der Waals surface area contributed by atoms with Crippen LogP contribution in [0.15, 0.2) is 46.9 Å².